The highest BCUT2D eigenvalue weighted by molar-refractivity contribution is 7.90. The first-order chi connectivity index (χ1) is 8.17. The number of fused-ring (bicyclic) bond motifs is 1. The predicted molar refractivity (Wildman–Crippen MR) is 63.1 cm³/mol. The van der Waals surface area contributed by atoms with Gasteiger partial charge in [-0.25, -0.2) is 17.7 Å². The first-order valence-electron chi connectivity index (χ1n) is 5.64. The van der Waals surface area contributed by atoms with Crippen molar-refractivity contribution in [3.63, 3.8) is 0 Å². The zero-order valence-electron chi connectivity index (χ0n) is 9.28. The normalized spacial score (nSPS) is 16.7. The van der Waals surface area contributed by atoms with E-state index in [1.54, 1.807) is 10.7 Å². The third kappa shape index (κ3) is 2.07. The Morgan fingerprint density at radius 2 is 2.24 bits per heavy atom. The van der Waals surface area contributed by atoms with E-state index in [0.29, 0.717) is 13.1 Å². The quantitative estimate of drug-likeness (QED) is 0.829. The van der Waals surface area contributed by atoms with Crippen LogP contribution >= 0.6 is 0 Å². The number of hydrogen-bond acceptors (Lipinski definition) is 3. The van der Waals surface area contributed by atoms with E-state index in [-0.39, 0.29) is 5.25 Å². The molecule has 1 aliphatic carbocycles. The maximum absolute atomic E-state index is 11.6. The minimum Gasteiger partial charge on any atom is -0.330 e. The summed E-state index contributed by atoms with van der Waals surface area (Å²) in [4.78, 5) is 0. The van der Waals surface area contributed by atoms with Crippen molar-refractivity contribution in [1.82, 2.24) is 18.9 Å². The topological polar surface area (TPSA) is 68.4 Å². The first-order valence-corrected chi connectivity index (χ1v) is 7.18. The number of imidazole rings is 1. The van der Waals surface area contributed by atoms with Crippen LogP contribution in [0.3, 0.4) is 0 Å². The Morgan fingerprint density at radius 1 is 1.41 bits per heavy atom. The second-order valence-corrected chi connectivity index (χ2v) is 6.31. The second-order valence-electron chi connectivity index (χ2n) is 4.26. The van der Waals surface area contributed by atoms with Crippen molar-refractivity contribution in [2.45, 2.75) is 24.6 Å². The predicted octanol–water partition coefficient (Wildman–Crippen LogP) is 0.218. The second kappa shape index (κ2) is 3.85. The van der Waals surface area contributed by atoms with E-state index in [9.17, 15) is 8.42 Å². The Balaban J connectivity index is 1.63. The summed E-state index contributed by atoms with van der Waals surface area (Å²) < 4.78 is 29.6. The van der Waals surface area contributed by atoms with Crippen molar-refractivity contribution in [2.24, 2.45) is 0 Å². The van der Waals surface area contributed by atoms with Gasteiger partial charge in [-0.1, -0.05) is 0 Å². The molecule has 0 aromatic carbocycles. The molecule has 1 aliphatic rings. The van der Waals surface area contributed by atoms with Crippen LogP contribution in [0.25, 0.3) is 5.65 Å². The lowest BCUT2D eigenvalue weighted by molar-refractivity contribution is 0.573. The van der Waals surface area contributed by atoms with E-state index >= 15 is 0 Å². The van der Waals surface area contributed by atoms with Gasteiger partial charge in [-0.15, -0.1) is 0 Å². The number of nitrogens with one attached hydrogen (secondary N) is 1. The highest BCUT2D eigenvalue weighted by atomic mass is 32.2. The third-order valence-electron chi connectivity index (χ3n) is 2.95. The number of hydrogen-bond donors (Lipinski definition) is 1. The summed E-state index contributed by atoms with van der Waals surface area (Å²) in [6, 6.07) is 1.90. The van der Waals surface area contributed by atoms with E-state index in [4.69, 9.17) is 0 Å². The van der Waals surface area contributed by atoms with E-state index < -0.39 is 10.0 Å². The van der Waals surface area contributed by atoms with Crippen LogP contribution in [0.4, 0.5) is 0 Å². The summed E-state index contributed by atoms with van der Waals surface area (Å²) in [5.74, 6) is 0. The summed E-state index contributed by atoms with van der Waals surface area (Å²) in [6.45, 7) is 1.04. The standard InChI is InChI=1S/C10H14N4O2S/c15-17(16,9-1-2-9)12-5-6-13-7-8-14-10(13)3-4-11-14/h3-4,7-9,12H,1-2,5-6H2. The minimum absolute atomic E-state index is 0.151. The molecule has 0 saturated heterocycles. The number of sulfonamides is 1. The largest absolute Gasteiger partial charge is 0.330 e. The van der Waals surface area contributed by atoms with Gasteiger partial charge in [-0.3, -0.25) is 0 Å². The van der Waals surface area contributed by atoms with E-state index in [0.717, 1.165) is 18.5 Å². The molecule has 1 fully saturated rings. The number of aromatic nitrogens is 3. The number of rotatable bonds is 5. The van der Waals surface area contributed by atoms with Crippen molar-refractivity contribution in [3.8, 4) is 0 Å². The summed E-state index contributed by atoms with van der Waals surface area (Å²) in [7, 11) is -3.07. The SMILES string of the molecule is O=S(=O)(NCCn1ccn2nccc12)C1CC1. The lowest BCUT2D eigenvalue weighted by atomic mass is 10.6. The van der Waals surface area contributed by atoms with Gasteiger partial charge in [-0.05, 0) is 12.8 Å². The molecule has 7 heteroatoms. The highest BCUT2D eigenvalue weighted by Crippen LogP contribution is 2.27. The molecular formula is C10H14N4O2S. The minimum atomic E-state index is -3.07. The average molecular weight is 254 g/mol. The molecule has 92 valence electrons. The molecule has 1 N–H and O–H groups in total. The summed E-state index contributed by atoms with van der Waals surface area (Å²) >= 11 is 0. The molecular weight excluding hydrogens is 240 g/mol. The van der Waals surface area contributed by atoms with Gasteiger partial charge in [0.25, 0.3) is 0 Å². The Bertz CT molecular complexity index is 624. The molecule has 17 heavy (non-hydrogen) atoms. The molecule has 6 nitrogen and oxygen atoms in total. The molecule has 0 aliphatic heterocycles. The van der Waals surface area contributed by atoms with Gasteiger partial charge in [0, 0.05) is 31.5 Å². The van der Waals surface area contributed by atoms with Gasteiger partial charge in [-0.2, -0.15) is 5.10 Å². The van der Waals surface area contributed by atoms with E-state index in [1.165, 1.54) is 0 Å². The molecule has 0 unspecified atom stereocenters. The molecule has 0 bridgehead atoms. The molecule has 0 amide bonds. The molecule has 0 atom stereocenters. The van der Waals surface area contributed by atoms with E-state index in [2.05, 4.69) is 9.82 Å². The molecule has 3 rings (SSSR count). The van der Waals surface area contributed by atoms with Crippen LogP contribution in [0.2, 0.25) is 0 Å². The van der Waals surface area contributed by atoms with E-state index in [1.807, 2.05) is 23.0 Å². The van der Waals surface area contributed by atoms with Crippen LogP contribution in [0, 0.1) is 0 Å². The van der Waals surface area contributed by atoms with Gasteiger partial charge >= 0.3 is 0 Å². The third-order valence-corrected chi connectivity index (χ3v) is 4.91. The molecule has 2 aromatic heterocycles. The fourth-order valence-electron chi connectivity index (χ4n) is 1.86. The Kier molecular flexibility index (Phi) is 2.44. The highest BCUT2D eigenvalue weighted by Gasteiger charge is 2.35. The lowest BCUT2D eigenvalue weighted by Crippen LogP contribution is -2.30. The van der Waals surface area contributed by atoms with Crippen LogP contribution in [0.5, 0.6) is 0 Å². The van der Waals surface area contributed by atoms with Crippen LogP contribution in [0.1, 0.15) is 12.8 Å². The zero-order chi connectivity index (χ0) is 11.9. The number of nitrogens with zero attached hydrogens (tertiary/aromatic N) is 3. The Hall–Kier alpha value is -1.34. The molecule has 2 heterocycles. The lowest BCUT2D eigenvalue weighted by Gasteiger charge is -2.06. The Labute approximate surface area is 99.3 Å². The van der Waals surface area contributed by atoms with Crippen molar-refractivity contribution in [3.05, 3.63) is 24.7 Å². The van der Waals surface area contributed by atoms with Gasteiger partial charge in [0.05, 0.1) is 11.4 Å². The average Bonchev–Trinajstić information content (AvgIpc) is 2.93. The maximum atomic E-state index is 11.6. The van der Waals surface area contributed by atoms with Crippen LogP contribution in [-0.4, -0.2) is 34.4 Å². The monoisotopic (exact) mass is 254 g/mol. The molecule has 0 spiro atoms. The maximum Gasteiger partial charge on any atom is 0.214 e. The van der Waals surface area contributed by atoms with Gasteiger partial charge in [0.2, 0.25) is 10.0 Å². The van der Waals surface area contributed by atoms with Crippen molar-refractivity contribution in [2.75, 3.05) is 6.54 Å². The van der Waals surface area contributed by atoms with Crippen LogP contribution < -0.4 is 4.72 Å². The molecule has 1 saturated carbocycles. The zero-order valence-corrected chi connectivity index (χ0v) is 10.1. The smallest absolute Gasteiger partial charge is 0.214 e. The molecule has 2 aromatic rings. The Morgan fingerprint density at radius 3 is 3.00 bits per heavy atom. The van der Waals surface area contributed by atoms with Gasteiger partial charge in [0.15, 0.2) is 0 Å². The molecule has 0 radical (unpaired) electrons. The summed E-state index contributed by atoms with van der Waals surface area (Å²) in [5.41, 5.74) is 0.968. The van der Waals surface area contributed by atoms with Crippen molar-refractivity contribution < 1.29 is 8.42 Å². The van der Waals surface area contributed by atoms with Crippen LogP contribution in [-0.2, 0) is 16.6 Å². The van der Waals surface area contributed by atoms with Crippen molar-refractivity contribution in [1.29, 1.82) is 0 Å². The van der Waals surface area contributed by atoms with Crippen LogP contribution in [0.15, 0.2) is 24.7 Å². The first kappa shape index (κ1) is 10.8. The summed E-state index contributed by atoms with van der Waals surface area (Å²) in [5, 5.41) is 3.94. The summed E-state index contributed by atoms with van der Waals surface area (Å²) in [6.07, 6.45) is 7.07. The fraction of sp³-hybridized carbons (Fsp3) is 0.500. The van der Waals surface area contributed by atoms with Gasteiger partial charge in [0.1, 0.15) is 5.65 Å². The fourth-order valence-corrected chi connectivity index (χ4v) is 3.23. The van der Waals surface area contributed by atoms with Gasteiger partial charge < -0.3 is 4.57 Å². The van der Waals surface area contributed by atoms with Crippen molar-refractivity contribution >= 4 is 15.7 Å².